The monoisotopic (exact) mass is 407 g/mol. The topological polar surface area (TPSA) is 108 Å². The van der Waals surface area contributed by atoms with Crippen LogP contribution in [0.25, 0.3) is 0 Å². The van der Waals surface area contributed by atoms with Crippen LogP contribution in [0.1, 0.15) is 59.1 Å². The van der Waals surface area contributed by atoms with Crippen molar-refractivity contribution in [3.05, 3.63) is 29.8 Å². The highest BCUT2D eigenvalue weighted by Gasteiger charge is 2.30. The van der Waals surface area contributed by atoms with Gasteiger partial charge in [0.25, 0.3) is 0 Å². The van der Waals surface area contributed by atoms with E-state index in [1.807, 2.05) is 6.92 Å². The third-order valence-electron chi connectivity index (χ3n) is 4.04. The maximum atomic E-state index is 12.9. The Morgan fingerprint density at radius 2 is 1.72 bits per heavy atom. The van der Waals surface area contributed by atoms with Crippen LogP contribution < -0.4 is 10.6 Å². The molecule has 0 saturated carbocycles. The number of amides is 3. The number of unbranched alkanes of at least 4 members (excludes halogenated alkanes) is 1. The quantitative estimate of drug-likeness (QED) is 0.546. The van der Waals surface area contributed by atoms with Crippen LogP contribution in [0.2, 0.25) is 0 Å². The number of nitrogens with zero attached hydrogens (tertiary/aromatic N) is 1. The van der Waals surface area contributed by atoms with Gasteiger partial charge in [-0.1, -0.05) is 25.5 Å². The third kappa shape index (κ3) is 8.41. The lowest BCUT2D eigenvalue weighted by atomic mass is 10.0. The highest BCUT2D eigenvalue weighted by atomic mass is 16.6. The largest absolute Gasteiger partial charge is 0.508 e. The first kappa shape index (κ1) is 24.3. The van der Waals surface area contributed by atoms with Crippen LogP contribution >= 0.6 is 0 Å². The van der Waals surface area contributed by atoms with Crippen molar-refractivity contribution in [2.24, 2.45) is 0 Å². The number of aromatic hydroxyl groups is 1. The summed E-state index contributed by atoms with van der Waals surface area (Å²) in [6.07, 6.45) is 1.06. The maximum absolute atomic E-state index is 12.9. The Hall–Kier alpha value is -2.77. The number of phenolic OH excluding ortho intramolecular Hbond substituents is 1. The summed E-state index contributed by atoms with van der Waals surface area (Å²) in [5.74, 6) is -0.654. The molecule has 8 nitrogen and oxygen atoms in total. The lowest BCUT2D eigenvalue weighted by Crippen LogP contribution is -2.47. The van der Waals surface area contributed by atoms with Crippen LogP contribution in [0.3, 0.4) is 0 Å². The first-order valence-corrected chi connectivity index (χ1v) is 9.92. The van der Waals surface area contributed by atoms with Crippen molar-refractivity contribution in [1.82, 2.24) is 15.5 Å². The number of rotatable bonds is 9. The number of likely N-dealkylation sites (N-methyl/N-ethyl adjacent to an activating group) is 1. The molecule has 0 spiro atoms. The summed E-state index contributed by atoms with van der Waals surface area (Å²) in [5.41, 5.74) is -0.102. The molecule has 1 aromatic carbocycles. The second-order valence-corrected chi connectivity index (χ2v) is 7.67. The zero-order chi connectivity index (χ0) is 22.0. The van der Waals surface area contributed by atoms with Crippen LogP contribution in [-0.2, 0) is 14.3 Å². The summed E-state index contributed by atoms with van der Waals surface area (Å²) in [6, 6.07) is 5.29. The molecule has 0 aromatic heterocycles. The molecule has 8 heteroatoms. The van der Waals surface area contributed by atoms with Crippen molar-refractivity contribution in [3.8, 4) is 5.75 Å². The summed E-state index contributed by atoms with van der Waals surface area (Å²) in [6.45, 7) is 9.45. The summed E-state index contributed by atoms with van der Waals surface area (Å²) in [5, 5.41) is 14.8. The zero-order valence-electron chi connectivity index (χ0n) is 17.9. The van der Waals surface area contributed by atoms with E-state index in [1.54, 1.807) is 39.8 Å². The fourth-order valence-corrected chi connectivity index (χ4v) is 2.68. The standard InChI is InChI=1S/C21H33N3O5/c1-6-8-13-22-19(27)18(15-9-11-16(25)12-10-15)24(7-2)17(26)14-23-20(28)29-21(3,4)5/h9-12,18,25H,6-8,13-14H2,1-5H3,(H,22,27)(H,23,28). The molecule has 1 unspecified atom stereocenters. The second-order valence-electron chi connectivity index (χ2n) is 7.67. The van der Waals surface area contributed by atoms with Gasteiger partial charge in [0.2, 0.25) is 11.8 Å². The Balaban J connectivity index is 2.97. The van der Waals surface area contributed by atoms with E-state index in [1.165, 1.54) is 17.0 Å². The Morgan fingerprint density at radius 1 is 1.10 bits per heavy atom. The highest BCUT2D eigenvalue weighted by Crippen LogP contribution is 2.23. The Labute approximate surface area is 172 Å². The molecule has 29 heavy (non-hydrogen) atoms. The van der Waals surface area contributed by atoms with Crippen molar-refractivity contribution in [1.29, 1.82) is 0 Å². The van der Waals surface area contributed by atoms with Gasteiger partial charge in [-0.15, -0.1) is 0 Å². The highest BCUT2D eigenvalue weighted by molar-refractivity contribution is 5.90. The molecule has 3 N–H and O–H groups in total. The van der Waals surface area contributed by atoms with E-state index in [4.69, 9.17) is 4.74 Å². The van der Waals surface area contributed by atoms with Crippen molar-refractivity contribution >= 4 is 17.9 Å². The number of ether oxygens (including phenoxy) is 1. The summed E-state index contributed by atoms with van der Waals surface area (Å²) in [7, 11) is 0. The number of benzene rings is 1. The molecule has 1 rings (SSSR count). The number of nitrogens with one attached hydrogen (secondary N) is 2. The minimum Gasteiger partial charge on any atom is -0.508 e. The molecular formula is C21H33N3O5. The molecule has 1 aromatic rings. The maximum Gasteiger partial charge on any atom is 0.408 e. The third-order valence-corrected chi connectivity index (χ3v) is 4.04. The van der Waals surface area contributed by atoms with E-state index < -0.39 is 23.6 Å². The van der Waals surface area contributed by atoms with Crippen LogP contribution in [-0.4, -0.2) is 53.1 Å². The fraction of sp³-hybridized carbons (Fsp3) is 0.571. The SMILES string of the molecule is CCCCNC(=O)C(c1ccc(O)cc1)N(CC)C(=O)CNC(=O)OC(C)(C)C. The van der Waals surface area contributed by atoms with Crippen LogP contribution in [0.4, 0.5) is 4.79 Å². The van der Waals surface area contributed by atoms with Crippen LogP contribution in [0.15, 0.2) is 24.3 Å². The predicted octanol–water partition coefficient (Wildman–Crippen LogP) is 2.72. The summed E-state index contributed by atoms with van der Waals surface area (Å²) in [4.78, 5) is 38.9. The first-order chi connectivity index (χ1) is 13.6. The molecule has 0 aliphatic rings. The molecule has 0 aliphatic carbocycles. The Kier molecular flexibility index (Phi) is 9.44. The first-order valence-electron chi connectivity index (χ1n) is 9.92. The van der Waals surface area contributed by atoms with Crippen molar-refractivity contribution in [3.63, 3.8) is 0 Å². The van der Waals surface area contributed by atoms with Crippen molar-refractivity contribution < 1.29 is 24.2 Å². The molecule has 0 saturated heterocycles. The van der Waals surface area contributed by atoms with Gasteiger partial charge in [0.05, 0.1) is 0 Å². The zero-order valence-corrected chi connectivity index (χ0v) is 17.9. The van der Waals surface area contributed by atoms with Crippen molar-refractivity contribution in [2.75, 3.05) is 19.6 Å². The minimum absolute atomic E-state index is 0.0693. The molecule has 0 heterocycles. The number of hydrogen-bond donors (Lipinski definition) is 3. The van der Waals surface area contributed by atoms with Crippen LogP contribution in [0.5, 0.6) is 5.75 Å². The molecule has 0 radical (unpaired) electrons. The van der Waals surface area contributed by atoms with Crippen molar-refractivity contribution in [2.45, 2.75) is 59.1 Å². The molecule has 162 valence electrons. The molecule has 0 fully saturated rings. The Morgan fingerprint density at radius 3 is 2.24 bits per heavy atom. The number of phenols is 1. The number of hydrogen-bond acceptors (Lipinski definition) is 5. The summed E-state index contributed by atoms with van der Waals surface area (Å²) >= 11 is 0. The molecule has 0 bridgehead atoms. The number of carbonyl (C=O) groups is 3. The molecule has 1 atom stereocenters. The molecule has 0 aliphatic heterocycles. The van der Waals surface area contributed by atoms with Gasteiger partial charge in [0.15, 0.2) is 0 Å². The van der Waals surface area contributed by atoms with E-state index in [-0.39, 0.29) is 24.7 Å². The van der Waals surface area contributed by atoms with Gasteiger partial charge >= 0.3 is 6.09 Å². The number of alkyl carbamates (subject to hydrolysis) is 1. The van der Waals surface area contributed by atoms with Gasteiger partial charge < -0.3 is 25.4 Å². The normalized spacial score (nSPS) is 12.0. The smallest absolute Gasteiger partial charge is 0.408 e. The fourth-order valence-electron chi connectivity index (χ4n) is 2.68. The van der Waals surface area contributed by atoms with Gasteiger partial charge in [0, 0.05) is 13.1 Å². The second kappa shape index (κ2) is 11.3. The van der Waals surface area contributed by atoms with Crippen LogP contribution in [0, 0.1) is 0 Å². The van der Waals surface area contributed by atoms with E-state index in [2.05, 4.69) is 10.6 Å². The van der Waals surface area contributed by atoms with Gasteiger partial charge in [-0.25, -0.2) is 4.79 Å². The summed E-state index contributed by atoms with van der Waals surface area (Å²) < 4.78 is 5.14. The number of carbonyl (C=O) groups excluding carboxylic acids is 3. The Bertz CT molecular complexity index is 683. The minimum atomic E-state index is -0.870. The lowest BCUT2D eigenvalue weighted by Gasteiger charge is -2.30. The van der Waals surface area contributed by atoms with E-state index in [9.17, 15) is 19.5 Å². The average molecular weight is 408 g/mol. The van der Waals surface area contributed by atoms with Gasteiger partial charge in [-0.2, -0.15) is 0 Å². The molecule has 3 amide bonds. The van der Waals surface area contributed by atoms with Gasteiger partial charge in [0.1, 0.15) is 23.9 Å². The van der Waals surface area contributed by atoms with E-state index in [0.29, 0.717) is 12.1 Å². The van der Waals surface area contributed by atoms with Gasteiger partial charge in [-0.05, 0) is 51.8 Å². The molecular weight excluding hydrogens is 374 g/mol. The average Bonchev–Trinajstić information content (AvgIpc) is 2.63. The predicted molar refractivity (Wildman–Crippen MR) is 110 cm³/mol. The van der Waals surface area contributed by atoms with Gasteiger partial charge in [-0.3, -0.25) is 9.59 Å². The van der Waals surface area contributed by atoms with E-state index >= 15 is 0 Å². The van der Waals surface area contributed by atoms with E-state index in [0.717, 1.165) is 12.8 Å². The lowest BCUT2D eigenvalue weighted by molar-refractivity contribution is -0.140.